The number of amides is 1. The molecular weight excluding hydrogens is 380 g/mol. The van der Waals surface area contributed by atoms with Crippen molar-refractivity contribution in [1.29, 1.82) is 0 Å². The van der Waals surface area contributed by atoms with Crippen molar-refractivity contribution >= 4 is 17.7 Å². The molecule has 1 amide bonds. The van der Waals surface area contributed by atoms with Gasteiger partial charge >= 0.3 is 6.09 Å². The number of halogens is 2. The number of pyridine rings is 2. The van der Waals surface area contributed by atoms with Crippen molar-refractivity contribution < 1.29 is 18.3 Å². The summed E-state index contributed by atoms with van der Waals surface area (Å²) in [6.45, 7) is 6.76. The molecule has 0 unspecified atom stereocenters. The van der Waals surface area contributed by atoms with Gasteiger partial charge in [-0.2, -0.15) is 0 Å². The highest BCUT2D eigenvalue weighted by molar-refractivity contribution is 5.89. The van der Waals surface area contributed by atoms with Gasteiger partial charge in [-0.15, -0.1) is 0 Å². The molecule has 0 aliphatic carbocycles. The van der Waals surface area contributed by atoms with E-state index in [4.69, 9.17) is 9.72 Å². The summed E-state index contributed by atoms with van der Waals surface area (Å²) >= 11 is 0. The first-order valence-electron chi connectivity index (χ1n) is 9.58. The van der Waals surface area contributed by atoms with Crippen LogP contribution in [0.5, 0.6) is 0 Å². The molecule has 2 atom stereocenters. The van der Waals surface area contributed by atoms with Crippen LogP contribution in [0.2, 0.25) is 0 Å². The number of nitrogens with zero attached hydrogens (tertiary/aromatic N) is 3. The van der Waals surface area contributed by atoms with Crippen molar-refractivity contribution in [2.45, 2.75) is 38.8 Å². The number of ether oxygens (including phenoxy) is 1. The average Bonchev–Trinajstić information content (AvgIpc) is 2.66. The highest BCUT2D eigenvalue weighted by atomic mass is 19.3. The lowest BCUT2D eigenvalue weighted by Crippen LogP contribution is -2.49. The van der Waals surface area contributed by atoms with E-state index in [1.807, 2.05) is 11.8 Å². The fourth-order valence-electron chi connectivity index (χ4n) is 3.76. The van der Waals surface area contributed by atoms with Gasteiger partial charge in [-0.1, -0.05) is 0 Å². The Morgan fingerprint density at radius 2 is 2.10 bits per heavy atom. The third kappa shape index (κ3) is 3.87. The first-order chi connectivity index (χ1) is 13.7. The van der Waals surface area contributed by atoms with Crippen LogP contribution in [0.15, 0.2) is 24.4 Å². The number of hydrogen-bond donors (Lipinski definition) is 2. The van der Waals surface area contributed by atoms with Crippen molar-refractivity contribution in [3.63, 3.8) is 0 Å². The average molecular weight is 403 g/mol. The second kappa shape index (κ2) is 7.22. The molecule has 0 bridgehead atoms. The number of anilines is 2. The lowest BCUT2D eigenvalue weighted by Gasteiger charge is -2.33. The number of hydrogen-bond acceptors (Lipinski definition) is 6. The zero-order valence-electron chi connectivity index (χ0n) is 16.5. The van der Waals surface area contributed by atoms with Gasteiger partial charge in [0.25, 0.3) is 5.92 Å². The Labute approximate surface area is 167 Å². The number of alkyl halides is 2. The van der Waals surface area contributed by atoms with E-state index in [-0.39, 0.29) is 11.6 Å². The van der Waals surface area contributed by atoms with Crippen molar-refractivity contribution in [3.8, 4) is 11.3 Å². The molecule has 0 aromatic carbocycles. The Balaban J connectivity index is 1.85. The summed E-state index contributed by atoms with van der Waals surface area (Å²) in [6, 6.07) is 4.79. The van der Waals surface area contributed by atoms with E-state index in [9.17, 15) is 13.6 Å². The van der Waals surface area contributed by atoms with Gasteiger partial charge in [0.05, 0.1) is 5.69 Å². The monoisotopic (exact) mass is 403 g/mol. The number of piperazine rings is 1. The van der Waals surface area contributed by atoms with E-state index in [1.165, 1.54) is 18.3 Å². The van der Waals surface area contributed by atoms with E-state index in [0.717, 1.165) is 13.5 Å². The van der Waals surface area contributed by atoms with Crippen LogP contribution >= 0.6 is 0 Å². The van der Waals surface area contributed by atoms with Gasteiger partial charge in [0.15, 0.2) is 0 Å². The van der Waals surface area contributed by atoms with Gasteiger partial charge in [0.1, 0.15) is 17.7 Å². The summed E-state index contributed by atoms with van der Waals surface area (Å²) in [6.07, 6.45) is 0.363. The number of cyclic esters (lactones) is 1. The molecule has 1 saturated heterocycles. The van der Waals surface area contributed by atoms with Crippen LogP contribution in [0, 0.1) is 0 Å². The second-order valence-corrected chi connectivity index (χ2v) is 7.58. The molecule has 4 heterocycles. The van der Waals surface area contributed by atoms with Gasteiger partial charge in [-0.05, 0) is 32.0 Å². The molecule has 2 aromatic heterocycles. The Hall–Kier alpha value is -2.81. The van der Waals surface area contributed by atoms with Gasteiger partial charge in [-0.3, -0.25) is 5.32 Å². The van der Waals surface area contributed by atoms with Crippen molar-refractivity contribution in [2.75, 3.05) is 29.9 Å². The van der Waals surface area contributed by atoms with E-state index in [1.54, 1.807) is 13.0 Å². The van der Waals surface area contributed by atoms with E-state index >= 15 is 0 Å². The van der Waals surface area contributed by atoms with E-state index in [0.29, 0.717) is 41.5 Å². The van der Waals surface area contributed by atoms with Crippen LogP contribution in [0.3, 0.4) is 0 Å². The predicted octanol–water partition coefficient (Wildman–Crippen LogP) is 3.68. The number of carbonyl (C=O) groups excluding carboxylic acids is 1. The minimum absolute atomic E-state index is 0.109. The first-order valence-corrected chi connectivity index (χ1v) is 9.58. The number of nitrogens with one attached hydrogen (secondary N) is 2. The third-order valence-electron chi connectivity index (χ3n) is 5.19. The van der Waals surface area contributed by atoms with Crippen LogP contribution in [-0.4, -0.2) is 41.7 Å². The molecular formula is C20H23F2N5O2. The Morgan fingerprint density at radius 1 is 1.31 bits per heavy atom. The van der Waals surface area contributed by atoms with E-state index < -0.39 is 18.1 Å². The van der Waals surface area contributed by atoms with Crippen LogP contribution in [-0.2, 0) is 10.7 Å². The van der Waals surface area contributed by atoms with Gasteiger partial charge in [0.2, 0.25) is 0 Å². The maximum Gasteiger partial charge on any atom is 0.413 e. The minimum Gasteiger partial charge on any atom is -0.441 e. The van der Waals surface area contributed by atoms with Crippen LogP contribution in [0.1, 0.15) is 38.0 Å². The SMILES string of the molecule is C[C@@H]1OC(=O)Nc2nccc(-c3cc(C(C)(F)F)cc(N4CCN[C@@H](C)C4)n3)c21. The lowest BCUT2D eigenvalue weighted by atomic mass is 9.98. The summed E-state index contributed by atoms with van der Waals surface area (Å²) in [5, 5.41) is 5.90. The lowest BCUT2D eigenvalue weighted by molar-refractivity contribution is 0.0174. The normalized spacial score (nSPS) is 22.0. The van der Waals surface area contributed by atoms with Gasteiger partial charge in [0, 0.05) is 55.5 Å². The van der Waals surface area contributed by atoms with Crippen LogP contribution in [0.25, 0.3) is 11.3 Å². The molecule has 2 aliphatic rings. The molecule has 2 aliphatic heterocycles. The fraction of sp³-hybridized carbons (Fsp3) is 0.450. The summed E-state index contributed by atoms with van der Waals surface area (Å²) in [7, 11) is 0. The third-order valence-corrected chi connectivity index (χ3v) is 5.19. The smallest absolute Gasteiger partial charge is 0.413 e. The Kier molecular flexibility index (Phi) is 4.85. The zero-order valence-corrected chi connectivity index (χ0v) is 16.5. The maximum absolute atomic E-state index is 14.3. The Morgan fingerprint density at radius 3 is 2.83 bits per heavy atom. The molecule has 2 aromatic rings. The summed E-state index contributed by atoms with van der Waals surface area (Å²) in [5.74, 6) is -2.15. The summed E-state index contributed by atoms with van der Waals surface area (Å²) in [4.78, 5) is 22.6. The quantitative estimate of drug-likeness (QED) is 0.814. The molecule has 7 nitrogen and oxygen atoms in total. The zero-order chi connectivity index (χ0) is 20.8. The predicted molar refractivity (Wildman–Crippen MR) is 105 cm³/mol. The topological polar surface area (TPSA) is 79.4 Å². The maximum atomic E-state index is 14.3. The second-order valence-electron chi connectivity index (χ2n) is 7.58. The highest BCUT2D eigenvalue weighted by Gasteiger charge is 2.31. The standard InChI is InChI=1S/C20H23F2N5O2/c1-11-10-27(7-6-23-11)16-9-13(20(3,21)22)8-15(25-16)14-4-5-24-18-17(14)12(2)29-19(28)26-18/h4-5,8-9,11-12,23H,6-7,10H2,1-3H3,(H,24,26,28)/t11-,12-/m0/s1. The van der Waals surface area contributed by atoms with Crippen molar-refractivity contribution in [3.05, 3.63) is 35.5 Å². The molecule has 4 rings (SSSR count). The molecule has 29 heavy (non-hydrogen) atoms. The molecule has 0 spiro atoms. The molecule has 0 saturated carbocycles. The van der Waals surface area contributed by atoms with Gasteiger partial charge < -0.3 is 15.0 Å². The molecule has 9 heteroatoms. The van der Waals surface area contributed by atoms with E-state index in [2.05, 4.69) is 15.6 Å². The van der Waals surface area contributed by atoms with Gasteiger partial charge in [-0.25, -0.2) is 23.5 Å². The largest absolute Gasteiger partial charge is 0.441 e. The number of rotatable bonds is 3. The van der Waals surface area contributed by atoms with Crippen molar-refractivity contribution in [1.82, 2.24) is 15.3 Å². The van der Waals surface area contributed by atoms with Crippen molar-refractivity contribution in [2.24, 2.45) is 0 Å². The summed E-state index contributed by atoms with van der Waals surface area (Å²) < 4.78 is 33.8. The highest BCUT2D eigenvalue weighted by Crippen LogP contribution is 2.39. The van der Waals surface area contributed by atoms with Crippen LogP contribution < -0.4 is 15.5 Å². The number of fused-ring (bicyclic) bond motifs is 1. The summed E-state index contributed by atoms with van der Waals surface area (Å²) in [5.41, 5.74) is 1.52. The number of carbonyl (C=O) groups is 1. The molecule has 2 N–H and O–H groups in total. The molecule has 0 radical (unpaired) electrons. The molecule has 154 valence electrons. The number of aromatic nitrogens is 2. The molecule has 1 fully saturated rings. The Bertz CT molecular complexity index is 947. The van der Waals surface area contributed by atoms with Crippen LogP contribution in [0.4, 0.5) is 25.2 Å². The first kappa shape index (κ1) is 19.5. The fourth-order valence-corrected chi connectivity index (χ4v) is 3.76. The minimum atomic E-state index is -3.02.